The number of hydrogen-bond acceptors (Lipinski definition) is 7. The number of fused-ring (bicyclic) bond motifs is 1. The Balaban J connectivity index is 1.44. The van der Waals surface area contributed by atoms with Crippen molar-refractivity contribution in [1.29, 1.82) is 0 Å². The second-order valence-corrected chi connectivity index (χ2v) is 14.6. The second-order valence-electron chi connectivity index (χ2n) is 14.6. The third-order valence-electron chi connectivity index (χ3n) is 9.15. The van der Waals surface area contributed by atoms with E-state index in [0.29, 0.717) is 74.0 Å². The second kappa shape index (κ2) is 16.4. The summed E-state index contributed by atoms with van der Waals surface area (Å²) < 4.78 is 24.6. The van der Waals surface area contributed by atoms with Crippen LogP contribution in [0.3, 0.4) is 0 Å². The van der Waals surface area contributed by atoms with Gasteiger partial charge in [-0.1, -0.05) is 97.9 Å². The summed E-state index contributed by atoms with van der Waals surface area (Å²) in [6.45, 7) is 14.0. The summed E-state index contributed by atoms with van der Waals surface area (Å²) in [7, 11) is 0. The molecule has 2 amide bonds. The van der Waals surface area contributed by atoms with E-state index in [4.69, 9.17) is 18.7 Å². The fourth-order valence-electron chi connectivity index (χ4n) is 6.46. The minimum atomic E-state index is -0.575. The first-order valence-corrected chi connectivity index (χ1v) is 18.4. The van der Waals surface area contributed by atoms with Gasteiger partial charge in [-0.05, 0) is 85.9 Å². The van der Waals surface area contributed by atoms with Crippen LogP contribution in [0.4, 0.5) is 4.79 Å². The Kier molecular flexibility index (Phi) is 11.5. The summed E-state index contributed by atoms with van der Waals surface area (Å²) in [5, 5.41) is 7.48. The summed E-state index contributed by atoms with van der Waals surface area (Å²) >= 11 is 0. The molecule has 0 aliphatic carbocycles. The summed E-state index contributed by atoms with van der Waals surface area (Å²) in [5.41, 5.74) is 7.25. The third kappa shape index (κ3) is 9.09. The van der Waals surface area contributed by atoms with Crippen LogP contribution in [-0.4, -0.2) is 47.3 Å². The molecule has 0 spiro atoms. The molecule has 9 heteroatoms. The Hall–Kier alpha value is -5.57. The van der Waals surface area contributed by atoms with Gasteiger partial charge in [-0.3, -0.25) is 4.79 Å². The number of nitrogens with zero attached hydrogens (tertiary/aromatic N) is 2. The zero-order chi connectivity index (χ0) is 37.5. The molecule has 0 fully saturated rings. The third-order valence-corrected chi connectivity index (χ3v) is 9.15. The van der Waals surface area contributed by atoms with E-state index in [0.717, 1.165) is 33.4 Å². The van der Waals surface area contributed by atoms with Crippen LogP contribution in [0.1, 0.15) is 85.8 Å². The van der Waals surface area contributed by atoms with Crippen molar-refractivity contribution in [2.24, 2.45) is 0 Å². The van der Waals surface area contributed by atoms with Crippen molar-refractivity contribution in [3.8, 4) is 33.9 Å². The van der Waals surface area contributed by atoms with Gasteiger partial charge < -0.3 is 29.0 Å². The highest BCUT2D eigenvalue weighted by Crippen LogP contribution is 2.44. The van der Waals surface area contributed by atoms with E-state index in [1.54, 1.807) is 4.90 Å². The van der Waals surface area contributed by atoms with Gasteiger partial charge in [0, 0.05) is 31.3 Å². The lowest BCUT2D eigenvalue weighted by atomic mass is 9.91. The molecule has 0 bridgehead atoms. The van der Waals surface area contributed by atoms with E-state index in [9.17, 15) is 9.59 Å². The molecule has 276 valence electrons. The smallest absolute Gasteiger partial charge is 0.410 e. The van der Waals surface area contributed by atoms with Crippen molar-refractivity contribution in [3.63, 3.8) is 0 Å². The number of amides is 2. The lowest BCUT2D eigenvalue weighted by molar-refractivity contribution is 0.0258. The largest absolute Gasteiger partial charge is 0.488 e. The first-order valence-electron chi connectivity index (χ1n) is 18.4. The number of aromatic nitrogens is 1. The van der Waals surface area contributed by atoms with Gasteiger partial charge in [-0.15, -0.1) is 0 Å². The van der Waals surface area contributed by atoms with Crippen molar-refractivity contribution in [1.82, 2.24) is 15.4 Å². The summed E-state index contributed by atoms with van der Waals surface area (Å²) in [6.07, 6.45) is 1.01. The highest BCUT2D eigenvalue weighted by Gasteiger charge is 2.30. The molecular formula is C44H49N3O6. The summed E-state index contributed by atoms with van der Waals surface area (Å²) in [6, 6.07) is 30.2. The summed E-state index contributed by atoms with van der Waals surface area (Å²) in [4.78, 5) is 28.3. The Morgan fingerprint density at radius 1 is 0.830 bits per heavy atom. The zero-order valence-corrected chi connectivity index (χ0v) is 31.5. The molecule has 5 aromatic rings. The Morgan fingerprint density at radius 3 is 2.06 bits per heavy atom. The Morgan fingerprint density at radius 2 is 1.45 bits per heavy atom. The van der Waals surface area contributed by atoms with E-state index >= 15 is 0 Å². The Labute approximate surface area is 312 Å². The molecule has 0 saturated carbocycles. The first kappa shape index (κ1) is 37.2. The van der Waals surface area contributed by atoms with E-state index in [1.807, 2.05) is 100 Å². The van der Waals surface area contributed by atoms with Gasteiger partial charge in [0.2, 0.25) is 5.76 Å². The maximum atomic E-state index is 13.5. The number of hydrogen-bond donors (Lipinski definition) is 1. The monoisotopic (exact) mass is 715 g/mol. The van der Waals surface area contributed by atoms with Crippen LogP contribution >= 0.6 is 0 Å². The molecule has 6 rings (SSSR count). The van der Waals surface area contributed by atoms with Crippen LogP contribution < -0.4 is 14.8 Å². The standard InChI is InChI=1S/C44H49N3O6/c1-7-45-42(48)41-39(34-19-18-32-20-22-47(23-21-33(32)24-34)43(49)52-44(4,5)6)40(46-53-41)36-25-35(29(2)3)37(50-27-30-14-10-8-11-15-30)26-38(36)51-28-31-16-12-9-13-17-31/h8-19,24-26,29H,7,20-23,27-28H2,1-6H3,(H,45,48). The van der Waals surface area contributed by atoms with Gasteiger partial charge in [-0.25, -0.2) is 4.79 Å². The topological polar surface area (TPSA) is 103 Å². The molecule has 0 atom stereocenters. The van der Waals surface area contributed by atoms with Crippen LogP contribution in [0.15, 0.2) is 95.5 Å². The average Bonchev–Trinajstić information content (AvgIpc) is 3.47. The van der Waals surface area contributed by atoms with Gasteiger partial charge in [0.25, 0.3) is 5.91 Å². The van der Waals surface area contributed by atoms with Crippen molar-refractivity contribution in [2.75, 3.05) is 19.6 Å². The van der Waals surface area contributed by atoms with Crippen molar-refractivity contribution >= 4 is 12.0 Å². The van der Waals surface area contributed by atoms with Crippen molar-refractivity contribution in [2.45, 2.75) is 79.1 Å². The molecular weight excluding hydrogens is 666 g/mol. The quantitative estimate of drug-likeness (QED) is 0.145. The van der Waals surface area contributed by atoms with Gasteiger partial charge in [0.05, 0.1) is 5.56 Å². The predicted octanol–water partition coefficient (Wildman–Crippen LogP) is 9.38. The fourth-order valence-corrected chi connectivity index (χ4v) is 6.46. The lowest BCUT2D eigenvalue weighted by Crippen LogP contribution is -2.38. The fraction of sp³-hybridized carbons (Fsp3) is 0.341. The lowest BCUT2D eigenvalue weighted by Gasteiger charge is -2.26. The minimum Gasteiger partial charge on any atom is -0.488 e. The van der Waals surface area contributed by atoms with Gasteiger partial charge >= 0.3 is 6.09 Å². The number of rotatable bonds is 11. The molecule has 9 nitrogen and oxygen atoms in total. The highest BCUT2D eigenvalue weighted by atomic mass is 16.6. The van der Waals surface area contributed by atoms with Gasteiger partial charge in [0.1, 0.15) is 36.0 Å². The normalized spacial score (nSPS) is 12.9. The molecule has 1 N–H and O–H groups in total. The van der Waals surface area contributed by atoms with Crippen LogP contribution in [0.2, 0.25) is 0 Å². The number of carbonyl (C=O) groups excluding carboxylic acids is 2. The SMILES string of the molecule is CCNC(=O)c1onc(-c2cc(C(C)C)c(OCc3ccccc3)cc2OCc2ccccc2)c1-c1ccc2c(c1)CCN(C(=O)OC(C)(C)C)CC2. The number of carbonyl (C=O) groups is 2. The average molecular weight is 716 g/mol. The molecule has 0 radical (unpaired) electrons. The predicted molar refractivity (Wildman–Crippen MR) is 206 cm³/mol. The maximum absolute atomic E-state index is 13.5. The molecule has 1 aliphatic heterocycles. The Bertz CT molecular complexity index is 2030. The number of ether oxygens (including phenoxy) is 3. The minimum absolute atomic E-state index is 0.0984. The zero-order valence-electron chi connectivity index (χ0n) is 31.5. The summed E-state index contributed by atoms with van der Waals surface area (Å²) in [5.74, 6) is 1.13. The number of nitrogens with one attached hydrogen (secondary N) is 1. The van der Waals surface area contributed by atoms with Crippen molar-refractivity contribution in [3.05, 3.63) is 125 Å². The molecule has 53 heavy (non-hydrogen) atoms. The van der Waals surface area contributed by atoms with Gasteiger partial charge in [0.15, 0.2) is 0 Å². The molecule has 1 aliphatic rings. The molecule has 4 aromatic carbocycles. The van der Waals surface area contributed by atoms with E-state index in [-0.39, 0.29) is 23.7 Å². The van der Waals surface area contributed by atoms with Crippen LogP contribution in [0, 0.1) is 0 Å². The molecule has 2 heterocycles. The van der Waals surface area contributed by atoms with Gasteiger partial charge in [-0.2, -0.15) is 0 Å². The molecule has 0 unspecified atom stereocenters. The van der Waals surface area contributed by atoms with Crippen LogP contribution in [-0.2, 0) is 30.8 Å². The number of benzene rings is 4. The van der Waals surface area contributed by atoms with Crippen LogP contribution in [0.5, 0.6) is 11.5 Å². The maximum Gasteiger partial charge on any atom is 0.410 e. The molecule has 0 saturated heterocycles. The van der Waals surface area contributed by atoms with E-state index < -0.39 is 5.60 Å². The van der Waals surface area contributed by atoms with Crippen molar-refractivity contribution < 1.29 is 28.3 Å². The molecule has 1 aromatic heterocycles. The van der Waals surface area contributed by atoms with E-state index in [1.165, 1.54) is 0 Å². The highest BCUT2D eigenvalue weighted by molar-refractivity contribution is 6.02. The van der Waals surface area contributed by atoms with Crippen LogP contribution in [0.25, 0.3) is 22.4 Å². The van der Waals surface area contributed by atoms with E-state index in [2.05, 4.69) is 42.5 Å². The first-order chi connectivity index (χ1) is 25.5.